The summed E-state index contributed by atoms with van der Waals surface area (Å²) in [6, 6.07) is 8.04. The van der Waals surface area contributed by atoms with Gasteiger partial charge in [-0.3, -0.25) is 9.59 Å². The molecular formula is C18H24ClN3O2. The van der Waals surface area contributed by atoms with Crippen molar-refractivity contribution in [1.29, 1.82) is 0 Å². The minimum atomic E-state index is 0. The first-order chi connectivity index (χ1) is 11.2. The molecule has 2 amide bonds. The van der Waals surface area contributed by atoms with Crippen LogP contribution in [0, 0.1) is 5.92 Å². The Hall–Kier alpha value is -1.59. The highest BCUT2D eigenvalue weighted by atomic mass is 35.5. The molecule has 2 saturated heterocycles. The van der Waals surface area contributed by atoms with E-state index in [1.807, 2.05) is 24.3 Å². The van der Waals surface area contributed by atoms with Crippen molar-refractivity contribution in [3.8, 4) is 0 Å². The molecule has 0 spiro atoms. The van der Waals surface area contributed by atoms with Gasteiger partial charge in [0.25, 0.3) is 5.91 Å². The van der Waals surface area contributed by atoms with Gasteiger partial charge in [0.05, 0.1) is 0 Å². The smallest absolute Gasteiger partial charge is 0.254 e. The molecule has 0 radical (unpaired) electrons. The number of rotatable bonds is 3. The molecule has 1 aromatic rings. The number of carbonyl (C=O) groups excluding carboxylic acids is 2. The summed E-state index contributed by atoms with van der Waals surface area (Å²) in [6.45, 7) is 1.88. The van der Waals surface area contributed by atoms with E-state index in [4.69, 9.17) is 0 Å². The van der Waals surface area contributed by atoms with Crippen LogP contribution in [0.4, 0.5) is 5.69 Å². The van der Waals surface area contributed by atoms with Gasteiger partial charge < -0.3 is 15.5 Å². The van der Waals surface area contributed by atoms with Crippen molar-refractivity contribution >= 4 is 29.9 Å². The zero-order valence-corrected chi connectivity index (χ0v) is 14.5. The zero-order valence-electron chi connectivity index (χ0n) is 13.7. The van der Waals surface area contributed by atoms with Gasteiger partial charge >= 0.3 is 0 Å². The van der Waals surface area contributed by atoms with Gasteiger partial charge in [0, 0.05) is 35.8 Å². The van der Waals surface area contributed by atoms with Crippen LogP contribution in [0.3, 0.4) is 0 Å². The van der Waals surface area contributed by atoms with E-state index in [0.717, 1.165) is 50.9 Å². The van der Waals surface area contributed by atoms with E-state index in [2.05, 4.69) is 15.5 Å². The predicted molar refractivity (Wildman–Crippen MR) is 95.5 cm³/mol. The average molecular weight is 350 g/mol. The monoisotopic (exact) mass is 349 g/mol. The van der Waals surface area contributed by atoms with Gasteiger partial charge in [0.1, 0.15) is 0 Å². The Morgan fingerprint density at radius 2 is 1.88 bits per heavy atom. The first-order valence-electron chi connectivity index (χ1n) is 8.66. The highest BCUT2D eigenvalue weighted by molar-refractivity contribution is 5.98. The number of anilines is 1. The molecule has 2 unspecified atom stereocenters. The number of amides is 2. The van der Waals surface area contributed by atoms with Crippen LogP contribution in [0.15, 0.2) is 24.3 Å². The summed E-state index contributed by atoms with van der Waals surface area (Å²) in [5.41, 5.74) is 1.41. The number of carbonyl (C=O) groups is 2. The maximum atomic E-state index is 13.0. The third-order valence-electron chi connectivity index (χ3n) is 5.21. The molecule has 2 heterocycles. The van der Waals surface area contributed by atoms with Gasteiger partial charge in [-0.15, -0.1) is 12.4 Å². The van der Waals surface area contributed by atoms with Gasteiger partial charge in [-0.2, -0.15) is 0 Å². The van der Waals surface area contributed by atoms with Crippen LogP contribution in [-0.4, -0.2) is 41.9 Å². The SMILES string of the molecule is Cl.O=C(Nc1cccc(C(=O)N2C3CCNCC2CC3)c1)C1CC1. The molecule has 1 aromatic carbocycles. The summed E-state index contributed by atoms with van der Waals surface area (Å²) in [4.78, 5) is 27.0. The summed E-state index contributed by atoms with van der Waals surface area (Å²) >= 11 is 0. The minimum Gasteiger partial charge on any atom is -0.331 e. The molecule has 5 nitrogen and oxygen atoms in total. The number of nitrogens with zero attached hydrogens (tertiary/aromatic N) is 1. The first kappa shape index (κ1) is 17.2. The van der Waals surface area contributed by atoms with Gasteiger partial charge in [0.2, 0.25) is 5.91 Å². The van der Waals surface area contributed by atoms with Gasteiger partial charge in [-0.25, -0.2) is 0 Å². The van der Waals surface area contributed by atoms with E-state index in [0.29, 0.717) is 17.6 Å². The normalized spacial score (nSPS) is 25.6. The number of benzene rings is 1. The summed E-state index contributed by atoms with van der Waals surface area (Å²) in [5, 5.41) is 6.35. The van der Waals surface area contributed by atoms with Crippen molar-refractivity contribution < 1.29 is 9.59 Å². The molecule has 1 saturated carbocycles. The maximum absolute atomic E-state index is 13.0. The number of fused-ring (bicyclic) bond motifs is 2. The lowest BCUT2D eigenvalue weighted by Crippen LogP contribution is -2.42. The van der Waals surface area contributed by atoms with Gasteiger partial charge in [-0.1, -0.05) is 6.07 Å². The number of hydrogen-bond donors (Lipinski definition) is 2. The fourth-order valence-electron chi connectivity index (χ4n) is 3.78. The molecule has 6 heteroatoms. The molecule has 2 bridgehead atoms. The van der Waals surface area contributed by atoms with Crippen molar-refractivity contribution in [3.63, 3.8) is 0 Å². The Kier molecular flexibility index (Phi) is 5.11. The molecule has 0 aromatic heterocycles. The molecule has 130 valence electrons. The van der Waals surface area contributed by atoms with Crippen LogP contribution in [0.5, 0.6) is 0 Å². The standard InChI is InChI=1S/C18H23N3O2.ClH/c22-17(12-4-5-12)20-14-3-1-2-13(10-14)18(23)21-15-6-7-16(21)11-19-9-8-15;/h1-3,10,12,15-16,19H,4-9,11H2,(H,20,22);1H. The van der Waals surface area contributed by atoms with Crippen molar-refractivity contribution in [2.75, 3.05) is 18.4 Å². The lowest BCUT2D eigenvalue weighted by atomic mass is 10.1. The molecule has 4 rings (SSSR count). The number of hydrogen-bond acceptors (Lipinski definition) is 3. The van der Waals surface area contributed by atoms with Crippen molar-refractivity contribution in [2.45, 2.75) is 44.2 Å². The first-order valence-corrected chi connectivity index (χ1v) is 8.66. The fourth-order valence-corrected chi connectivity index (χ4v) is 3.78. The van der Waals surface area contributed by atoms with Crippen LogP contribution < -0.4 is 10.6 Å². The molecule has 3 aliphatic rings. The second-order valence-corrected chi connectivity index (χ2v) is 6.93. The van der Waals surface area contributed by atoms with Crippen LogP contribution in [-0.2, 0) is 4.79 Å². The minimum absolute atomic E-state index is 0. The summed E-state index contributed by atoms with van der Waals surface area (Å²) in [7, 11) is 0. The second-order valence-electron chi connectivity index (χ2n) is 6.93. The maximum Gasteiger partial charge on any atom is 0.254 e. The third-order valence-corrected chi connectivity index (χ3v) is 5.21. The molecule has 2 aliphatic heterocycles. The van der Waals surface area contributed by atoms with Crippen molar-refractivity contribution in [3.05, 3.63) is 29.8 Å². The molecular weight excluding hydrogens is 326 g/mol. The quantitative estimate of drug-likeness (QED) is 0.881. The predicted octanol–water partition coefficient (Wildman–Crippen LogP) is 2.42. The highest BCUT2D eigenvalue weighted by Crippen LogP contribution is 2.31. The summed E-state index contributed by atoms with van der Waals surface area (Å²) in [6.07, 6.45) is 5.18. The third kappa shape index (κ3) is 3.42. The van der Waals surface area contributed by atoms with Crippen molar-refractivity contribution in [1.82, 2.24) is 10.2 Å². The van der Waals surface area contributed by atoms with Gasteiger partial charge in [-0.05, 0) is 56.8 Å². The van der Waals surface area contributed by atoms with Crippen LogP contribution in [0.2, 0.25) is 0 Å². The topological polar surface area (TPSA) is 61.4 Å². The van der Waals surface area contributed by atoms with Gasteiger partial charge in [0.15, 0.2) is 0 Å². The van der Waals surface area contributed by atoms with E-state index in [1.165, 1.54) is 0 Å². The van der Waals surface area contributed by atoms with E-state index in [9.17, 15) is 9.59 Å². The highest BCUT2D eigenvalue weighted by Gasteiger charge is 2.38. The van der Waals surface area contributed by atoms with Crippen LogP contribution >= 0.6 is 12.4 Å². The number of nitrogens with one attached hydrogen (secondary N) is 2. The summed E-state index contributed by atoms with van der Waals surface area (Å²) < 4.78 is 0. The Morgan fingerprint density at radius 3 is 2.67 bits per heavy atom. The fraction of sp³-hybridized carbons (Fsp3) is 0.556. The van der Waals surface area contributed by atoms with Crippen LogP contribution in [0.25, 0.3) is 0 Å². The second kappa shape index (κ2) is 7.11. The molecule has 3 fully saturated rings. The average Bonchev–Trinajstić information content (AvgIpc) is 3.32. The Labute approximate surface area is 148 Å². The Balaban J connectivity index is 0.00000169. The molecule has 2 N–H and O–H groups in total. The Morgan fingerprint density at radius 1 is 1.08 bits per heavy atom. The lowest BCUT2D eigenvalue weighted by molar-refractivity contribution is -0.117. The van der Waals surface area contributed by atoms with Crippen molar-refractivity contribution in [2.24, 2.45) is 5.92 Å². The van der Waals surface area contributed by atoms with E-state index >= 15 is 0 Å². The molecule has 24 heavy (non-hydrogen) atoms. The molecule has 1 aliphatic carbocycles. The zero-order chi connectivity index (χ0) is 15.8. The summed E-state index contributed by atoms with van der Waals surface area (Å²) in [5.74, 6) is 0.347. The lowest BCUT2D eigenvalue weighted by Gasteiger charge is -2.28. The largest absolute Gasteiger partial charge is 0.331 e. The van der Waals surface area contributed by atoms with E-state index < -0.39 is 0 Å². The van der Waals surface area contributed by atoms with E-state index in [-0.39, 0.29) is 30.1 Å². The number of halogens is 1. The van der Waals surface area contributed by atoms with Crippen LogP contribution in [0.1, 0.15) is 42.5 Å². The molecule has 2 atom stereocenters. The van der Waals surface area contributed by atoms with E-state index in [1.54, 1.807) is 0 Å². The Bertz CT molecular complexity index is 618.